The van der Waals surface area contributed by atoms with Gasteiger partial charge < -0.3 is 8.83 Å². The summed E-state index contributed by atoms with van der Waals surface area (Å²) in [7, 11) is 0. The number of hydrogen-bond acceptors (Lipinski definition) is 3. The number of hydrogen-bond donors (Lipinski definition) is 0. The average molecular weight is 467 g/mol. The third-order valence-electron chi connectivity index (χ3n) is 5.96. The van der Waals surface area contributed by atoms with Crippen LogP contribution in [-0.2, 0) is 4.79 Å². The predicted octanol–water partition coefficient (Wildman–Crippen LogP) is 8.61. The van der Waals surface area contributed by atoms with Crippen LogP contribution in [-0.4, -0.2) is 5.78 Å². The lowest BCUT2D eigenvalue weighted by Crippen LogP contribution is -2.17. The molecule has 0 aliphatic heterocycles. The molecule has 0 N–H and O–H groups in total. The fourth-order valence-corrected chi connectivity index (χ4v) is 4.30. The highest BCUT2D eigenvalue weighted by molar-refractivity contribution is 6.30. The minimum absolute atomic E-state index is 0.114. The largest absolute Gasteiger partial charge is 0.461 e. The molecule has 4 rings (SSSR count). The summed E-state index contributed by atoms with van der Waals surface area (Å²) in [6.45, 7) is 7.64. The van der Waals surface area contributed by atoms with Crippen molar-refractivity contribution in [3.8, 4) is 22.6 Å². The van der Waals surface area contributed by atoms with Crippen LogP contribution in [0.5, 0.6) is 0 Å². The second-order valence-corrected chi connectivity index (χ2v) is 8.98. The van der Waals surface area contributed by atoms with Gasteiger partial charge in [0.05, 0.1) is 0 Å². The lowest BCUT2D eigenvalue weighted by molar-refractivity contribution is -0.121. The molecule has 4 aromatic rings. The number of ketones is 1. The SMILES string of the molecule is Cc1oc(-c2ccc(Cl)cc2)cc1C(C)C(=O)C(C)c1cc(-c2ccc(Cl)cc2)oc1C. The van der Waals surface area contributed by atoms with Crippen LogP contribution in [0.15, 0.2) is 69.5 Å². The van der Waals surface area contributed by atoms with E-state index in [0.29, 0.717) is 10.0 Å². The highest BCUT2D eigenvalue weighted by atomic mass is 35.5. The Morgan fingerprint density at radius 1 is 0.688 bits per heavy atom. The van der Waals surface area contributed by atoms with Crippen molar-refractivity contribution < 1.29 is 13.6 Å². The van der Waals surface area contributed by atoms with E-state index in [9.17, 15) is 4.79 Å². The molecule has 0 fully saturated rings. The standard InChI is InChI=1S/C27H24Cl2O3/c1-15(23-13-25(31-17(23)3)19-5-9-21(28)10-6-19)27(30)16(2)24-14-26(32-18(24)4)20-7-11-22(29)12-8-20/h5-16H,1-4H3. The molecule has 2 unspecified atom stereocenters. The second kappa shape index (κ2) is 9.01. The zero-order valence-electron chi connectivity index (χ0n) is 18.4. The molecule has 0 saturated carbocycles. The van der Waals surface area contributed by atoms with Crippen LogP contribution in [0.3, 0.4) is 0 Å². The molecule has 0 radical (unpaired) electrons. The maximum Gasteiger partial charge on any atom is 0.147 e. The highest BCUT2D eigenvalue weighted by Gasteiger charge is 2.28. The van der Waals surface area contributed by atoms with E-state index in [4.69, 9.17) is 32.0 Å². The van der Waals surface area contributed by atoms with Gasteiger partial charge in [-0.05, 0) is 74.5 Å². The molecule has 2 atom stereocenters. The number of benzene rings is 2. The van der Waals surface area contributed by atoms with Gasteiger partial charge in [-0.25, -0.2) is 0 Å². The summed E-state index contributed by atoms with van der Waals surface area (Å²) in [4.78, 5) is 13.4. The minimum Gasteiger partial charge on any atom is -0.461 e. The Labute approximate surface area is 198 Å². The first-order valence-corrected chi connectivity index (χ1v) is 11.3. The quantitative estimate of drug-likeness (QED) is 0.285. The number of furan rings is 2. The van der Waals surface area contributed by atoms with Crippen LogP contribution in [0, 0.1) is 13.8 Å². The Morgan fingerprint density at radius 3 is 1.38 bits per heavy atom. The molecule has 5 heteroatoms. The first-order valence-electron chi connectivity index (χ1n) is 10.5. The molecular weight excluding hydrogens is 443 g/mol. The van der Waals surface area contributed by atoms with E-state index in [1.54, 1.807) is 0 Å². The molecule has 0 amide bonds. The summed E-state index contributed by atoms with van der Waals surface area (Å²) in [6.07, 6.45) is 0. The number of aryl methyl sites for hydroxylation is 2. The smallest absolute Gasteiger partial charge is 0.147 e. The molecule has 3 nitrogen and oxygen atoms in total. The van der Waals surface area contributed by atoms with Gasteiger partial charge in [-0.15, -0.1) is 0 Å². The summed E-state index contributed by atoms with van der Waals surface area (Å²) in [5.74, 6) is 2.42. The van der Waals surface area contributed by atoms with Crippen LogP contribution in [0.1, 0.15) is 48.3 Å². The first kappa shape index (κ1) is 22.4. The van der Waals surface area contributed by atoms with E-state index in [2.05, 4.69) is 0 Å². The molecule has 0 saturated heterocycles. The van der Waals surface area contributed by atoms with Gasteiger partial charge in [0.15, 0.2) is 0 Å². The van der Waals surface area contributed by atoms with Gasteiger partial charge in [-0.1, -0.05) is 37.0 Å². The van der Waals surface area contributed by atoms with Gasteiger partial charge in [-0.2, -0.15) is 0 Å². The second-order valence-electron chi connectivity index (χ2n) is 8.10. The van der Waals surface area contributed by atoms with Gasteiger partial charge in [0.1, 0.15) is 28.8 Å². The van der Waals surface area contributed by atoms with E-state index in [1.165, 1.54) is 0 Å². The van der Waals surface area contributed by atoms with Crippen molar-refractivity contribution in [1.82, 2.24) is 0 Å². The Morgan fingerprint density at radius 2 is 1.03 bits per heavy atom. The Kier molecular flexibility index (Phi) is 6.32. The molecular formula is C27H24Cl2O3. The third-order valence-corrected chi connectivity index (χ3v) is 6.46. The number of carbonyl (C=O) groups excluding carboxylic acids is 1. The van der Waals surface area contributed by atoms with Gasteiger partial charge in [0.2, 0.25) is 0 Å². The predicted molar refractivity (Wildman–Crippen MR) is 130 cm³/mol. The van der Waals surface area contributed by atoms with E-state index < -0.39 is 0 Å². The lowest BCUT2D eigenvalue weighted by atomic mass is 9.85. The molecule has 0 spiro atoms. The number of halogens is 2. The van der Waals surface area contributed by atoms with Crippen LogP contribution in [0.4, 0.5) is 0 Å². The lowest BCUT2D eigenvalue weighted by Gasteiger charge is -2.15. The molecule has 0 aliphatic carbocycles. The number of carbonyl (C=O) groups is 1. The summed E-state index contributed by atoms with van der Waals surface area (Å²) >= 11 is 12.0. The Bertz CT molecular complexity index is 1150. The molecule has 0 aliphatic rings. The van der Waals surface area contributed by atoms with Crippen molar-refractivity contribution in [2.75, 3.05) is 0 Å². The number of rotatable bonds is 6. The minimum atomic E-state index is -0.317. The fraction of sp³-hybridized carbons (Fsp3) is 0.222. The number of Topliss-reactive ketones (excluding diaryl/α,β-unsaturated/α-hetero) is 1. The van der Waals surface area contributed by atoms with Gasteiger partial charge in [0, 0.05) is 44.1 Å². The van der Waals surface area contributed by atoms with Gasteiger partial charge in [-0.3, -0.25) is 4.79 Å². The van der Waals surface area contributed by atoms with Crippen molar-refractivity contribution in [1.29, 1.82) is 0 Å². The van der Waals surface area contributed by atoms with Crippen molar-refractivity contribution >= 4 is 29.0 Å². The summed E-state index contributed by atoms with van der Waals surface area (Å²) in [6, 6.07) is 18.8. The van der Waals surface area contributed by atoms with Gasteiger partial charge >= 0.3 is 0 Å². The van der Waals surface area contributed by atoms with E-state index >= 15 is 0 Å². The summed E-state index contributed by atoms with van der Waals surface area (Å²) < 4.78 is 11.9. The molecule has 2 aromatic heterocycles. The van der Waals surface area contributed by atoms with Crippen LogP contribution < -0.4 is 0 Å². The zero-order valence-corrected chi connectivity index (χ0v) is 19.9. The van der Waals surface area contributed by atoms with E-state index in [1.807, 2.05) is 88.4 Å². The van der Waals surface area contributed by atoms with Crippen molar-refractivity contribution in [2.24, 2.45) is 0 Å². The monoisotopic (exact) mass is 466 g/mol. The molecule has 0 bridgehead atoms. The molecule has 2 aromatic carbocycles. The van der Waals surface area contributed by atoms with Gasteiger partial charge in [0.25, 0.3) is 0 Å². The molecule has 32 heavy (non-hydrogen) atoms. The Hall–Kier alpha value is -2.75. The first-order chi connectivity index (χ1) is 15.2. The average Bonchev–Trinajstić information content (AvgIpc) is 3.36. The van der Waals surface area contributed by atoms with Crippen LogP contribution >= 0.6 is 23.2 Å². The summed E-state index contributed by atoms with van der Waals surface area (Å²) in [5, 5.41) is 1.34. The third kappa shape index (κ3) is 4.41. The van der Waals surface area contributed by atoms with Crippen molar-refractivity contribution in [3.05, 3.63) is 93.4 Å². The van der Waals surface area contributed by atoms with Crippen LogP contribution in [0.2, 0.25) is 10.0 Å². The fourth-order valence-electron chi connectivity index (χ4n) is 4.05. The maximum absolute atomic E-state index is 13.4. The zero-order chi connectivity index (χ0) is 23.0. The normalized spacial score (nSPS) is 13.2. The molecule has 2 heterocycles. The van der Waals surface area contributed by atoms with Crippen molar-refractivity contribution in [2.45, 2.75) is 39.5 Å². The van der Waals surface area contributed by atoms with E-state index in [-0.39, 0.29) is 17.6 Å². The summed E-state index contributed by atoms with van der Waals surface area (Å²) in [5.41, 5.74) is 3.64. The Balaban J connectivity index is 1.58. The van der Waals surface area contributed by atoms with Crippen LogP contribution in [0.25, 0.3) is 22.6 Å². The molecule has 164 valence electrons. The maximum atomic E-state index is 13.4. The van der Waals surface area contributed by atoms with Crippen molar-refractivity contribution in [3.63, 3.8) is 0 Å². The van der Waals surface area contributed by atoms with E-state index in [0.717, 1.165) is 45.3 Å². The highest BCUT2D eigenvalue weighted by Crippen LogP contribution is 2.36. The topological polar surface area (TPSA) is 43.4 Å².